The number of rotatable bonds is 18. The van der Waals surface area contributed by atoms with Crippen LogP contribution in [0.2, 0.25) is 0 Å². The number of carbonyl (C=O) groups excluding carboxylic acids is 3. The predicted molar refractivity (Wildman–Crippen MR) is 182 cm³/mol. The van der Waals surface area contributed by atoms with E-state index in [-0.39, 0.29) is 36.9 Å². The molecule has 6 N–H and O–H groups in total. The minimum absolute atomic E-state index is 0.0601. The van der Waals surface area contributed by atoms with E-state index in [1.807, 2.05) is 86.6 Å². The van der Waals surface area contributed by atoms with Gasteiger partial charge >= 0.3 is 0 Å². The molecule has 47 heavy (non-hydrogen) atoms. The van der Waals surface area contributed by atoms with E-state index >= 15 is 0 Å². The second kappa shape index (κ2) is 17.5. The quantitative estimate of drug-likeness (QED) is 0.104. The number of nitrogens with two attached hydrogens (primary N) is 1. The lowest BCUT2D eigenvalue weighted by Gasteiger charge is -2.31. The van der Waals surface area contributed by atoms with Crippen LogP contribution in [-0.2, 0) is 38.4 Å². The van der Waals surface area contributed by atoms with E-state index < -0.39 is 36.1 Å². The first-order valence-electron chi connectivity index (χ1n) is 16.2. The van der Waals surface area contributed by atoms with E-state index in [9.17, 15) is 19.5 Å². The normalized spacial score (nSPS) is 14.7. The van der Waals surface area contributed by atoms with Gasteiger partial charge in [-0.3, -0.25) is 14.4 Å². The van der Waals surface area contributed by atoms with Gasteiger partial charge in [0.2, 0.25) is 11.8 Å². The van der Waals surface area contributed by atoms with Crippen molar-refractivity contribution in [3.8, 4) is 0 Å². The number of ketones is 1. The molecule has 0 spiro atoms. The van der Waals surface area contributed by atoms with Gasteiger partial charge in [-0.15, -0.1) is 0 Å². The number of ether oxygens (including phenoxy) is 1. The summed E-state index contributed by atoms with van der Waals surface area (Å²) in [7, 11) is 1.37. The van der Waals surface area contributed by atoms with Crippen molar-refractivity contribution < 1.29 is 24.2 Å². The number of imidazole rings is 1. The van der Waals surface area contributed by atoms with E-state index in [2.05, 4.69) is 20.6 Å². The second-order valence-corrected chi connectivity index (χ2v) is 12.5. The molecule has 0 fully saturated rings. The van der Waals surface area contributed by atoms with E-state index in [0.29, 0.717) is 25.1 Å². The highest BCUT2D eigenvalue weighted by Crippen LogP contribution is 2.25. The van der Waals surface area contributed by atoms with Crippen LogP contribution in [0.4, 0.5) is 0 Å². The molecule has 0 aliphatic carbocycles. The zero-order valence-corrected chi connectivity index (χ0v) is 27.4. The van der Waals surface area contributed by atoms with Crippen molar-refractivity contribution in [3.05, 3.63) is 102 Å². The first kappa shape index (κ1) is 35.5. The molecular weight excluding hydrogens is 594 g/mol. The fraction of sp³-hybridized carbons (Fsp3) is 0.405. The maximum atomic E-state index is 14.2. The van der Waals surface area contributed by atoms with Crippen LogP contribution in [0.5, 0.6) is 0 Å². The summed E-state index contributed by atoms with van der Waals surface area (Å²) < 4.78 is 5.16. The highest BCUT2D eigenvalue weighted by molar-refractivity contribution is 5.94. The number of hydrogen-bond donors (Lipinski definition) is 5. The highest BCUT2D eigenvalue weighted by Gasteiger charge is 2.37. The zero-order chi connectivity index (χ0) is 33.8. The van der Waals surface area contributed by atoms with E-state index in [4.69, 9.17) is 10.5 Å². The fourth-order valence-electron chi connectivity index (χ4n) is 5.97. The summed E-state index contributed by atoms with van der Waals surface area (Å²) in [5.74, 6) is -2.65. The van der Waals surface area contributed by atoms with Crippen LogP contribution in [0.1, 0.15) is 43.5 Å². The van der Waals surface area contributed by atoms with Crippen LogP contribution < -0.4 is 16.4 Å². The van der Waals surface area contributed by atoms with Crippen LogP contribution >= 0.6 is 0 Å². The Morgan fingerprint density at radius 1 is 0.979 bits per heavy atom. The molecule has 0 saturated heterocycles. The Hall–Kier alpha value is -4.38. The summed E-state index contributed by atoms with van der Waals surface area (Å²) in [5, 5.41) is 19.0. The van der Waals surface area contributed by atoms with Gasteiger partial charge in [0.15, 0.2) is 5.78 Å². The molecule has 1 heterocycles. The van der Waals surface area contributed by atoms with Gasteiger partial charge in [0.05, 0.1) is 18.3 Å². The van der Waals surface area contributed by atoms with E-state index in [0.717, 1.165) is 21.9 Å². The van der Waals surface area contributed by atoms with Crippen molar-refractivity contribution in [1.29, 1.82) is 0 Å². The molecule has 0 radical (unpaired) electrons. The topological polar surface area (TPSA) is 159 Å². The number of aliphatic hydroxyl groups is 1. The third-order valence-electron chi connectivity index (χ3n) is 8.48. The summed E-state index contributed by atoms with van der Waals surface area (Å²) in [6, 6.07) is 22.7. The van der Waals surface area contributed by atoms with Crippen molar-refractivity contribution in [2.45, 2.75) is 64.3 Å². The number of methoxy groups -OCH3 is 1. The van der Waals surface area contributed by atoms with E-state index in [1.165, 1.54) is 13.4 Å². The number of hydrogen-bond acceptors (Lipinski definition) is 7. The van der Waals surface area contributed by atoms with Gasteiger partial charge in [-0.25, -0.2) is 4.98 Å². The van der Waals surface area contributed by atoms with Gasteiger partial charge in [-0.05, 0) is 47.1 Å². The van der Waals surface area contributed by atoms with Crippen LogP contribution in [-0.4, -0.2) is 64.7 Å². The van der Waals surface area contributed by atoms with Crippen molar-refractivity contribution in [1.82, 2.24) is 20.6 Å². The molecule has 0 bridgehead atoms. The monoisotopic (exact) mass is 641 g/mol. The number of aromatic amines is 1. The molecule has 1 aromatic heterocycles. The Balaban J connectivity index is 1.59. The SMILES string of the molecule is COC(N)C(O)[C@H](CC(C)C)C(=O)[C@H](Cc1cnc[nH]1)NC(=O)C(CC(=O)NCCc1ccccc1)Cc1cccc2ccccc12. The third kappa shape index (κ3) is 10.3. The number of fused-ring (bicyclic) bond motifs is 1. The molecule has 250 valence electrons. The smallest absolute Gasteiger partial charge is 0.224 e. The number of aliphatic hydroxyl groups excluding tert-OH is 1. The van der Waals surface area contributed by atoms with Crippen LogP contribution in [0, 0.1) is 17.8 Å². The minimum atomic E-state index is -1.28. The van der Waals surface area contributed by atoms with Gasteiger partial charge in [0.1, 0.15) is 12.3 Å². The Bertz CT molecular complexity index is 1570. The number of H-pyrrole nitrogens is 1. The molecule has 3 unspecified atom stereocenters. The number of nitrogens with zero attached hydrogens (tertiary/aromatic N) is 1. The summed E-state index contributed by atoms with van der Waals surface area (Å²) in [5.41, 5.74) is 8.68. The van der Waals surface area contributed by atoms with Crippen molar-refractivity contribution in [2.24, 2.45) is 23.5 Å². The molecule has 0 aliphatic heterocycles. The lowest BCUT2D eigenvalue weighted by molar-refractivity contribution is -0.138. The zero-order valence-electron chi connectivity index (χ0n) is 27.4. The number of amides is 2. The van der Waals surface area contributed by atoms with Crippen LogP contribution in [0.3, 0.4) is 0 Å². The number of benzene rings is 3. The molecule has 3 aromatic carbocycles. The average molecular weight is 642 g/mol. The van der Waals surface area contributed by atoms with Gasteiger partial charge in [0.25, 0.3) is 0 Å². The maximum Gasteiger partial charge on any atom is 0.224 e. The molecule has 10 nitrogen and oxygen atoms in total. The number of carbonyl (C=O) groups is 3. The van der Waals surface area contributed by atoms with E-state index in [1.54, 1.807) is 6.20 Å². The third-order valence-corrected chi connectivity index (χ3v) is 8.48. The number of aromatic nitrogens is 2. The molecule has 10 heteroatoms. The van der Waals surface area contributed by atoms with Crippen LogP contribution in [0.25, 0.3) is 10.8 Å². The van der Waals surface area contributed by atoms with Crippen LogP contribution in [0.15, 0.2) is 85.3 Å². The van der Waals surface area contributed by atoms with Crippen molar-refractivity contribution >= 4 is 28.4 Å². The molecule has 0 aliphatic rings. The molecule has 0 saturated carbocycles. The molecule has 4 aromatic rings. The fourth-order valence-corrected chi connectivity index (χ4v) is 5.97. The Morgan fingerprint density at radius 3 is 2.40 bits per heavy atom. The lowest BCUT2D eigenvalue weighted by Crippen LogP contribution is -2.53. The predicted octanol–water partition coefficient (Wildman–Crippen LogP) is 3.72. The largest absolute Gasteiger partial charge is 0.388 e. The molecule has 5 atom stereocenters. The summed E-state index contributed by atoms with van der Waals surface area (Å²) >= 11 is 0. The molecular formula is C37H47N5O5. The van der Waals surface area contributed by atoms with Crippen molar-refractivity contribution in [3.63, 3.8) is 0 Å². The Kier molecular flexibility index (Phi) is 13.2. The number of nitrogens with one attached hydrogen (secondary N) is 3. The minimum Gasteiger partial charge on any atom is -0.388 e. The average Bonchev–Trinajstić information content (AvgIpc) is 3.59. The standard InChI is InChI=1S/C37H47N5O5/c1-24(2)18-31(35(45)36(38)47-3)34(44)32(21-29-22-39-23-41-29)42-37(46)28(19-27-14-9-13-26-12-7-8-15-30(26)27)20-33(43)40-17-16-25-10-5-4-6-11-25/h4-15,22-24,28,31-32,35-36,45H,16-21,38H2,1-3H3,(H,39,41)(H,40,43)(H,42,46)/t28?,31-,32+,35?,36?/m1/s1. The Labute approximate surface area is 276 Å². The van der Waals surface area contributed by atoms with Crippen molar-refractivity contribution in [2.75, 3.05) is 13.7 Å². The molecule has 2 amide bonds. The Morgan fingerprint density at radius 2 is 1.70 bits per heavy atom. The summed E-state index contributed by atoms with van der Waals surface area (Å²) in [6.07, 6.45) is 2.09. The van der Waals surface area contributed by atoms with Gasteiger partial charge in [-0.1, -0.05) is 86.6 Å². The molecule has 4 rings (SSSR count). The van der Waals surface area contributed by atoms with Gasteiger partial charge < -0.3 is 31.2 Å². The van der Waals surface area contributed by atoms with Gasteiger partial charge in [0, 0.05) is 44.3 Å². The maximum absolute atomic E-state index is 14.2. The number of Topliss-reactive ketones (excluding diaryl/α,β-unsaturated/α-hetero) is 1. The van der Waals surface area contributed by atoms with Gasteiger partial charge in [-0.2, -0.15) is 0 Å². The summed E-state index contributed by atoms with van der Waals surface area (Å²) in [6.45, 7) is 4.33. The second-order valence-electron chi connectivity index (χ2n) is 12.5. The lowest BCUT2D eigenvalue weighted by atomic mass is 9.83. The highest BCUT2D eigenvalue weighted by atomic mass is 16.5. The summed E-state index contributed by atoms with van der Waals surface area (Å²) in [4.78, 5) is 48.7. The first-order chi connectivity index (χ1) is 22.7. The first-order valence-corrected chi connectivity index (χ1v) is 16.2.